The van der Waals surface area contributed by atoms with Gasteiger partial charge >= 0.3 is 6.18 Å². The summed E-state index contributed by atoms with van der Waals surface area (Å²) < 4.78 is 73.9. The molecular formula is C18H20F3N3O3S. The lowest BCUT2D eigenvalue weighted by Gasteiger charge is -2.15. The lowest BCUT2D eigenvalue weighted by Crippen LogP contribution is -2.28. The fraction of sp³-hybridized carbons (Fsp3) is 0.500. The SMILES string of the molecule is O=S(=O)(NCCn1nc(C(F)(F)F)c2c1CCCC2)c1ccc2c(c1)CCO2. The van der Waals surface area contributed by atoms with E-state index in [-0.39, 0.29) is 23.5 Å². The van der Waals surface area contributed by atoms with Gasteiger partial charge in [0.05, 0.1) is 18.0 Å². The summed E-state index contributed by atoms with van der Waals surface area (Å²) in [7, 11) is -3.76. The topological polar surface area (TPSA) is 73.2 Å². The van der Waals surface area contributed by atoms with Gasteiger partial charge in [0.1, 0.15) is 5.75 Å². The van der Waals surface area contributed by atoms with Gasteiger partial charge in [-0.1, -0.05) is 0 Å². The van der Waals surface area contributed by atoms with Crippen LogP contribution >= 0.6 is 0 Å². The van der Waals surface area contributed by atoms with Crippen LogP contribution in [0.4, 0.5) is 13.2 Å². The van der Waals surface area contributed by atoms with E-state index in [0.29, 0.717) is 43.7 Å². The zero-order valence-corrected chi connectivity index (χ0v) is 15.9. The summed E-state index contributed by atoms with van der Waals surface area (Å²) in [4.78, 5) is 0.121. The first-order chi connectivity index (χ1) is 13.3. The highest BCUT2D eigenvalue weighted by Crippen LogP contribution is 2.35. The molecule has 1 aromatic heterocycles. The van der Waals surface area contributed by atoms with E-state index >= 15 is 0 Å². The number of rotatable bonds is 5. The van der Waals surface area contributed by atoms with Crippen LogP contribution in [0.1, 0.15) is 35.4 Å². The second kappa shape index (κ2) is 7.07. The molecule has 0 atom stereocenters. The van der Waals surface area contributed by atoms with Crippen LogP contribution < -0.4 is 9.46 Å². The number of alkyl halides is 3. The Bertz CT molecular complexity index is 999. The minimum absolute atomic E-state index is 0.0403. The van der Waals surface area contributed by atoms with Gasteiger partial charge in [-0.05, 0) is 49.4 Å². The minimum Gasteiger partial charge on any atom is -0.493 e. The molecule has 0 fully saturated rings. The molecule has 2 aliphatic rings. The highest BCUT2D eigenvalue weighted by Gasteiger charge is 2.39. The van der Waals surface area contributed by atoms with E-state index in [1.54, 1.807) is 12.1 Å². The van der Waals surface area contributed by atoms with Crippen LogP contribution in [0.2, 0.25) is 0 Å². The Hall–Kier alpha value is -2.07. The number of hydrogen-bond acceptors (Lipinski definition) is 4. The quantitative estimate of drug-likeness (QED) is 0.815. The summed E-state index contributed by atoms with van der Waals surface area (Å²) in [5, 5.41) is 3.74. The second-order valence-corrected chi connectivity index (χ2v) is 8.73. The Balaban J connectivity index is 1.49. The molecule has 1 aliphatic heterocycles. The smallest absolute Gasteiger partial charge is 0.435 e. The van der Waals surface area contributed by atoms with Crippen molar-refractivity contribution in [2.24, 2.45) is 0 Å². The number of aromatic nitrogens is 2. The van der Waals surface area contributed by atoms with Gasteiger partial charge in [-0.25, -0.2) is 13.1 Å². The van der Waals surface area contributed by atoms with Crippen LogP contribution in [0.3, 0.4) is 0 Å². The standard InChI is InChI=1S/C18H20F3N3O3S/c19-18(20,21)17-14-3-1-2-4-15(14)24(23-17)9-8-22-28(25,26)13-5-6-16-12(11-13)7-10-27-16/h5-6,11,22H,1-4,7-10H2. The molecule has 10 heteroatoms. The average Bonchev–Trinajstić information content (AvgIpc) is 3.25. The predicted molar refractivity (Wildman–Crippen MR) is 94.7 cm³/mol. The van der Waals surface area contributed by atoms with Crippen LogP contribution in [0.5, 0.6) is 5.75 Å². The summed E-state index contributed by atoms with van der Waals surface area (Å²) in [6.45, 7) is 0.533. The van der Waals surface area contributed by atoms with E-state index < -0.39 is 21.9 Å². The van der Waals surface area contributed by atoms with Crippen LogP contribution in [0.25, 0.3) is 0 Å². The van der Waals surface area contributed by atoms with Crippen molar-refractivity contribution in [3.8, 4) is 5.75 Å². The first-order valence-corrected chi connectivity index (χ1v) is 10.7. The van der Waals surface area contributed by atoms with E-state index in [0.717, 1.165) is 12.0 Å². The third-order valence-corrected chi connectivity index (χ3v) is 6.57. The van der Waals surface area contributed by atoms with Crippen molar-refractivity contribution in [3.05, 3.63) is 40.7 Å². The van der Waals surface area contributed by atoms with Gasteiger partial charge in [0.2, 0.25) is 10.0 Å². The number of nitrogens with one attached hydrogen (secondary N) is 1. The lowest BCUT2D eigenvalue weighted by molar-refractivity contribution is -0.142. The summed E-state index contributed by atoms with van der Waals surface area (Å²) in [5.41, 5.74) is 0.801. The largest absolute Gasteiger partial charge is 0.493 e. The molecule has 0 spiro atoms. The number of benzene rings is 1. The molecule has 28 heavy (non-hydrogen) atoms. The van der Waals surface area contributed by atoms with Crippen molar-refractivity contribution >= 4 is 10.0 Å². The fourth-order valence-electron chi connectivity index (χ4n) is 3.78. The summed E-state index contributed by atoms with van der Waals surface area (Å²) >= 11 is 0. The van der Waals surface area contributed by atoms with Crippen molar-refractivity contribution < 1.29 is 26.3 Å². The number of hydrogen-bond donors (Lipinski definition) is 1. The van der Waals surface area contributed by atoms with Crippen molar-refractivity contribution in [2.45, 2.75) is 49.7 Å². The monoisotopic (exact) mass is 415 g/mol. The van der Waals surface area contributed by atoms with Crippen LogP contribution in [0, 0.1) is 0 Å². The Labute approximate surface area is 160 Å². The Morgan fingerprint density at radius 3 is 2.75 bits per heavy atom. The van der Waals surface area contributed by atoms with Gasteiger partial charge in [0.15, 0.2) is 5.69 Å². The number of fused-ring (bicyclic) bond motifs is 2. The first kappa shape index (κ1) is 19.3. The number of halogens is 3. The summed E-state index contributed by atoms with van der Waals surface area (Å²) in [5.74, 6) is 0.682. The third-order valence-electron chi connectivity index (χ3n) is 5.11. The molecule has 1 N–H and O–H groups in total. The number of sulfonamides is 1. The molecule has 4 rings (SSSR count). The minimum atomic E-state index is -4.50. The third kappa shape index (κ3) is 3.62. The fourth-order valence-corrected chi connectivity index (χ4v) is 4.85. The molecule has 1 aromatic carbocycles. The predicted octanol–water partition coefficient (Wildman–Crippen LogP) is 2.69. The summed E-state index contributed by atoms with van der Waals surface area (Å²) in [6.07, 6.45) is -1.46. The maximum absolute atomic E-state index is 13.2. The maximum Gasteiger partial charge on any atom is 0.435 e. The van der Waals surface area contributed by atoms with E-state index in [4.69, 9.17) is 4.74 Å². The van der Waals surface area contributed by atoms with Crippen LogP contribution in [-0.4, -0.2) is 31.3 Å². The van der Waals surface area contributed by atoms with Crippen molar-refractivity contribution in [1.82, 2.24) is 14.5 Å². The van der Waals surface area contributed by atoms with Gasteiger partial charge < -0.3 is 4.74 Å². The molecule has 0 unspecified atom stereocenters. The Morgan fingerprint density at radius 1 is 1.18 bits per heavy atom. The van der Waals surface area contributed by atoms with E-state index in [1.807, 2.05) is 0 Å². The van der Waals surface area contributed by atoms with E-state index in [2.05, 4.69) is 9.82 Å². The van der Waals surface area contributed by atoms with Crippen molar-refractivity contribution in [2.75, 3.05) is 13.2 Å². The lowest BCUT2D eigenvalue weighted by atomic mass is 9.95. The number of ether oxygens (including phenoxy) is 1. The van der Waals surface area contributed by atoms with Gasteiger partial charge in [0, 0.05) is 24.2 Å². The molecule has 0 saturated carbocycles. The van der Waals surface area contributed by atoms with Gasteiger partial charge in [-0.3, -0.25) is 4.68 Å². The maximum atomic E-state index is 13.2. The molecule has 2 heterocycles. The first-order valence-electron chi connectivity index (χ1n) is 9.17. The molecule has 0 amide bonds. The molecule has 0 bridgehead atoms. The zero-order chi connectivity index (χ0) is 19.9. The summed E-state index contributed by atoms with van der Waals surface area (Å²) in [6, 6.07) is 4.66. The Kier molecular flexibility index (Phi) is 4.86. The average molecular weight is 415 g/mol. The molecule has 2 aromatic rings. The number of nitrogens with zero attached hydrogens (tertiary/aromatic N) is 2. The Morgan fingerprint density at radius 2 is 1.96 bits per heavy atom. The molecule has 6 nitrogen and oxygen atoms in total. The van der Waals surface area contributed by atoms with Crippen LogP contribution in [-0.2, 0) is 42.0 Å². The second-order valence-electron chi connectivity index (χ2n) is 6.97. The van der Waals surface area contributed by atoms with Gasteiger partial charge in [-0.2, -0.15) is 18.3 Å². The normalized spacial score (nSPS) is 16.5. The molecule has 0 radical (unpaired) electrons. The van der Waals surface area contributed by atoms with E-state index in [9.17, 15) is 21.6 Å². The molecular weight excluding hydrogens is 395 g/mol. The van der Waals surface area contributed by atoms with Crippen molar-refractivity contribution in [1.29, 1.82) is 0 Å². The van der Waals surface area contributed by atoms with Crippen molar-refractivity contribution in [3.63, 3.8) is 0 Å². The van der Waals surface area contributed by atoms with Gasteiger partial charge in [0.25, 0.3) is 0 Å². The molecule has 0 saturated heterocycles. The molecule has 1 aliphatic carbocycles. The highest BCUT2D eigenvalue weighted by atomic mass is 32.2. The van der Waals surface area contributed by atoms with Crippen LogP contribution in [0.15, 0.2) is 23.1 Å². The zero-order valence-electron chi connectivity index (χ0n) is 15.1. The van der Waals surface area contributed by atoms with Gasteiger partial charge in [-0.15, -0.1) is 0 Å². The van der Waals surface area contributed by atoms with E-state index in [1.165, 1.54) is 10.7 Å². The molecule has 152 valence electrons. The highest BCUT2D eigenvalue weighted by molar-refractivity contribution is 7.89.